The maximum Gasteiger partial charge on any atom is 0.419 e. The molecule has 0 fully saturated rings. The third-order valence-electron chi connectivity index (χ3n) is 2.06. The number of hydrogen-bond donors (Lipinski definition) is 0. The lowest BCUT2D eigenvalue weighted by molar-refractivity contribution is -0.145. The van der Waals surface area contributed by atoms with Gasteiger partial charge in [-0.2, -0.15) is 13.2 Å². The Hall–Kier alpha value is -1.18. The first-order valence-electron chi connectivity index (χ1n) is 4.95. The van der Waals surface area contributed by atoms with Crippen LogP contribution in [-0.2, 0) is 20.0 Å². The summed E-state index contributed by atoms with van der Waals surface area (Å²) in [6.45, 7) is 3.18. The van der Waals surface area contributed by atoms with Gasteiger partial charge in [0.2, 0.25) is 0 Å². The van der Waals surface area contributed by atoms with Crippen molar-refractivity contribution < 1.29 is 22.7 Å². The van der Waals surface area contributed by atoms with Crippen molar-refractivity contribution in [1.82, 2.24) is 9.97 Å². The Morgan fingerprint density at radius 1 is 1.39 bits per heavy atom. The van der Waals surface area contributed by atoms with Crippen LogP contribution in [0.25, 0.3) is 0 Å². The summed E-state index contributed by atoms with van der Waals surface area (Å²) in [4.78, 5) is 18.7. The van der Waals surface area contributed by atoms with Crippen molar-refractivity contribution in [3.63, 3.8) is 0 Å². The number of hydrogen-bond acceptors (Lipinski definition) is 4. The fourth-order valence-electron chi connectivity index (χ4n) is 1.07. The van der Waals surface area contributed by atoms with Crippen LogP contribution in [0.3, 0.4) is 0 Å². The summed E-state index contributed by atoms with van der Waals surface area (Å²) in [7, 11) is 0. The van der Waals surface area contributed by atoms with Gasteiger partial charge in [0.1, 0.15) is 0 Å². The number of esters is 1. The summed E-state index contributed by atoms with van der Waals surface area (Å²) in [6.07, 6.45) is -3.26. The predicted octanol–water partition coefficient (Wildman–Crippen LogP) is 2.67. The summed E-state index contributed by atoms with van der Waals surface area (Å²) >= 11 is 3.05. The first kappa shape index (κ1) is 14.9. The van der Waals surface area contributed by atoms with Crippen LogP contribution in [0.15, 0.2) is 12.4 Å². The van der Waals surface area contributed by atoms with Gasteiger partial charge < -0.3 is 4.74 Å². The maximum absolute atomic E-state index is 12.3. The topological polar surface area (TPSA) is 52.1 Å². The molecule has 18 heavy (non-hydrogen) atoms. The van der Waals surface area contributed by atoms with Crippen molar-refractivity contribution in [1.29, 1.82) is 0 Å². The van der Waals surface area contributed by atoms with Crippen LogP contribution < -0.4 is 0 Å². The minimum atomic E-state index is -4.51. The fourth-order valence-corrected chi connectivity index (χ4v) is 1.39. The van der Waals surface area contributed by atoms with Gasteiger partial charge in [-0.05, 0) is 13.8 Å². The van der Waals surface area contributed by atoms with Gasteiger partial charge in [-0.3, -0.25) is 4.79 Å². The zero-order valence-electron chi connectivity index (χ0n) is 9.58. The minimum Gasteiger partial charge on any atom is -0.465 e. The van der Waals surface area contributed by atoms with Crippen LogP contribution in [0, 0.1) is 0 Å². The quantitative estimate of drug-likeness (QED) is 0.633. The van der Waals surface area contributed by atoms with Crippen molar-refractivity contribution in [2.24, 2.45) is 0 Å². The molecule has 0 bridgehead atoms. The summed E-state index contributed by atoms with van der Waals surface area (Å²) in [5.74, 6) is -0.751. The number of rotatable bonds is 3. The smallest absolute Gasteiger partial charge is 0.419 e. The number of ether oxygens (including phenoxy) is 1. The molecule has 0 unspecified atom stereocenters. The molecule has 1 atom stereocenters. The van der Waals surface area contributed by atoms with Gasteiger partial charge in [0.25, 0.3) is 0 Å². The van der Waals surface area contributed by atoms with E-state index in [1.54, 1.807) is 6.92 Å². The summed E-state index contributed by atoms with van der Waals surface area (Å²) < 4.78 is 40.3. The Morgan fingerprint density at radius 3 is 2.28 bits per heavy atom. The minimum absolute atomic E-state index is 0.0889. The van der Waals surface area contributed by atoms with E-state index in [0.717, 1.165) is 0 Å². The lowest BCUT2D eigenvalue weighted by Crippen LogP contribution is -2.30. The number of nitrogens with zero attached hydrogens (tertiary/aromatic N) is 2. The lowest BCUT2D eigenvalue weighted by Gasteiger charge is -2.18. The van der Waals surface area contributed by atoms with Crippen molar-refractivity contribution >= 4 is 21.9 Å². The van der Waals surface area contributed by atoms with Crippen LogP contribution in [-0.4, -0.2) is 22.5 Å². The number of carbonyl (C=O) groups is 1. The highest BCUT2D eigenvalue weighted by atomic mass is 79.9. The largest absolute Gasteiger partial charge is 0.465 e. The molecule has 0 spiro atoms. The molecular formula is C10H10BrF3N2O2. The summed E-state index contributed by atoms with van der Waals surface area (Å²) in [6, 6.07) is 0. The number of carbonyl (C=O) groups excluding carboxylic acids is 1. The third kappa shape index (κ3) is 3.18. The van der Waals surface area contributed by atoms with Crippen LogP contribution in [0.1, 0.15) is 25.2 Å². The van der Waals surface area contributed by atoms with E-state index >= 15 is 0 Å². The standard InChI is InChI=1S/C10H10BrF3N2O2/c1-3-18-8(17)9(2,11)7-15-4-6(5-16-7)10(12,13)14/h4-5H,3H2,1-2H3/t9-/m0/s1. The van der Waals surface area contributed by atoms with Crippen molar-refractivity contribution in [2.75, 3.05) is 6.61 Å². The molecule has 1 heterocycles. The van der Waals surface area contributed by atoms with Gasteiger partial charge in [-0.1, -0.05) is 15.9 Å². The van der Waals surface area contributed by atoms with Gasteiger partial charge >= 0.3 is 12.1 Å². The molecule has 0 aliphatic carbocycles. The van der Waals surface area contributed by atoms with Gasteiger partial charge in [0.15, 0.2) is 10.1 Å². The normalized spacial score (nSPS) is 15.0. The Morgan fingerprint density at radius 2 is 1.89 bits per heavy atom. The Kier molecular flexibility index (Phi) is 4.31. The Labute approximate surface area is 110 Å². The van der Waals surface area contributed by atoms with E-state index in [9.17, 15) is 18.0 Å². The van der Waals surface area contributed by atoms with Crippen LogP contribution in [0.4, 0.5) is 13.2 Å². The zero-order chi connectivity index (χ0) is 14.0. The van der Waals surface area contributed by atoms with Gasteiger partial charge in [-0.25, -0.2) is 9.97 Å². The zero-order valence-corrected chi connectivity index (χ0v) is 11.2. The van der Waals surface area contributed by atoms with E-state index in [-0.39, 0.29) is 12.4 Å². The molecular weight excluding hydrogens is 317 g/mol. The van der Waals surface area contributed by atoms with Crippen molar-refractivity contribution in [3.8, 4) is 0 Å². The monoisotopic (exact) mass is 326 g/mol. The lowest BCUT2D eigenvalue weighted by atomic mass is 10.1. The molecule has 4 nitrogen and oxygen atoms in total. The van der Waals surface area contributed by atoms with Crippen molar-refractivity contribution in [2.45, 2.75) is 24.3 Å². The molecule has 8 heteroatoms. The number of alkyl halides is 4. The van der Waals surface area contributed by atoms with Crippen molar-refractivity contribution in [3.05, 3.63) is 23.8 Å². The number of halogens is 4. The molecule has 1 rings (SSSR count). The van der Waals surface area contributed by atoms with E-state index in [1.165, 1.54) is 6.92 Å². The molecule has 0 saturated carbocycles. The van der Waals surface area contributed by atoms with E-state index in [1.807, 2.05) is 0 Å². The van der Waals surface area contributed by atoms with Gasteiger partial charge in [-0.15, -0.1) is 0 Å². The summed E-state index contributed by atoms with van der Waals surface area (Å²) in [5, 5.41) is 0. The average molecular weight is 327 g/mol. The molecule has 1 aromatic heterocycles. The predicted molar refractivity (Wildman–Crippen MR) is 59.9 cm³/mol. The molecule has 0 radical (unpaired) electrons. The highest BCUT2D eigenvalue weighted by molar-refractivity contribution is 9.10. The Bertz CT molecular complexity index is 432. The molecule has 0 N–H and O–H groups in total. The number of aromatic nitrogens is 2. The van der Waals surface area contributed by atoms with E-state index in [2.05, 4.69) is 25.9 Å². The molecule has 0 aliphatic rings. The second kappa shape index (κ2) is 5.21. The first-order chi connectivity index (χ1) is 8.19. The second-order valence-electron chi connectivity index (χ2n) is 3.52. The average Bonchev–Trinajstić information content (AvgIpc) is 2.28. The second-order valence-corrected chi connectivity index (χ2v) is 5.10. The van der Waals surface area contributed by atoms with Crippen LogP contribution in [0.2, 0.25) is 0 Å². The van der Waals surface area contributed by atoms with E-state index < -0.39 is 22.0 Å². The van der Waals surface area contributed by atoms with Crippen LogP contribution >= 0.6 is 15.9 Å². The Balaban J connectivity index is 3.01. The highest BCUT2D eigenvalue weighted by Gasteiger charge is 2.38. The molecule has 1 aromatic rings. The van der Waals surface area contributed by atoms with Gasteiger partial charge in [0.05, 0.1) is 12.2 Å². The maximum atomic E-state index is 12.3. The molecule has 0 aliphatic heterocycles. The molecule has 0 aromatic carbocycles. The molecule has 0 saturated heterocycles. The van der Waals surface area contributed by atoms with E-state index in [0.29, 0.717) is 12.4 Å². The fraction of sp³-hybridized carbons (Fsp3) is 0.500. The van der Waals surface area contributed by atoms with Gasteiger partial charge in [0, 0.05) is 12.4 Å². The first-order valence-corrected chi connectivity index (χ1v) is 5.74. The highest BCUT2D eigenvalue weighted by Crippen LogP contribution is 2.32. The third-order valence-corrected chi connectivity index (χ3v) is 2.74. The van der Waals surface area contributed by atoms with Crippen LogP contribution in [0.5, 0.6) is 0 Å². The SMILES string of the molecule is CCOC(=O)[C@@](C)(Br)c1ncc(C(F)(F)F)cn1. The summed E-state index contributed by atoms with van der Waals surface area (Å²) in [5.41, 5.74) is -0.974. The molecule has 100 valence electrons. The molecule has 0 amide bonds. The van der Waals surface area contributed by atoms with E-state index in [4.69, 9.17) is 4.74 Å².